The maximum atomic E-state index is 10.8. The second kappa shape index (κ2) is 11.1. The Balaban J connectivity index is 1.36. The van der Waals surface area contributed by atoms with Crippen LogP contribution in [0.3, 0.4) is 0 Å². The second-order valence-corrected chi connectivity index (χ2v) is 7.85. The van der Waals surface area contributed by atoms with Gasteiger partial charge in [0, 0.05) is 23.5 Å². The van der Waals surface area contributed by atoms with Gasteiger partial charge < -0.3 is 14.7 Å². The largest absolute Gasteiger partial charge is 0.482 e. The molecule has 0 saturated heterocycles. The first kappa shape index (κ1) is 22.3. The normalized spacial score (nSPS) is 15.8. The van der Waals surface area contributed by atoms with E-state index in [0.29, 0.717) is 18.3 Å². The summed E-state index contributed by atoms with van der Waals surface area (Å²) in [6, 6.07) is 19.6. The van der Waals surface area contributed by atoms with E-state index in [0.717, 1.165) is 41.7 Å². The summed E-state index contributed by atoms with van der Waals surface area (Å²) in [5.41, 5.74) is 4.95. The summed E-state index contributed by atoms with van der Waals surface area (Å²) in [4.78, 5) is 20.6. The standard InChI is InChI=1S/C27H26N2O4/c30-26(31)19-32-25-12-4-10-22-17-20(13-14-24(22)25)7-6-16-33-29-27(21-8-2-1-3-9-21)23-11-5-15-28-18-23/h1-12,15,18,20H,13-14,16-17,19H2,(H,30,31)/b7-6+,29-27-. The van der Waals surface area contributed by atoms with E-state index >= 15 is 0 Å². The molecule has 6 nitrogen and oxygen atoms in total. The highest BCUT2D eigenvalue weighted by Gasteiger charge is 2.20. The van der Waals surface area contributed by atoms with Gasteiger partial charge in [-0.3, -0.25) is 4.98 Å². The first-order valence-corrected chi connectivity index (χ1v) is 11.0. The van der Waals surface area contributed by atoms with Crippen LogP contribution < -0.4 is 4.74 Å². The molecule has 0 radical (unpaired) electrons. The SMILES string of the molecule is O=C(O)COc1cccc2c1CCC(/C=C/CO/N=C(/c1ccccc1)c1cccnc1)C2. The minimum absolute atomic E-state index is 0.318. The Morgan fingerprint density at radius 3 is 2.73 bits per heavy atom. The van der Waals surface area contributed by atoms with Crippen LogP contribution >= 0.6 is 0 Å². The highest BCUT2D eigenvalue weighted by Crippen LogP contribution is 2.32. The Kier molecular flexibility index (Phi) is 7.48. The molecule has 1 aliphatic carbocycles. The van der Waals surface area contributed by atoms with Gasteiger partial charge in [-0.2, -0.15) is 0 Å². The molecule has 33 heavy (non-hydrogen) atoms. The molecule has 4 rings (SSSR count). The molecule has 1 heterocycles. The molecule has 1 aliphatic rings. The van der Waals surface area contributed by atoms with Gasteiger partial charge in [0.1, 0.15) is 18.1 Å². The van der Waals surface area contributed by atoms with E-state index < -0.39 is 5.97 Å². The number of ether oxygens (including phenoxy) is 1. The molecule has 0 spiro atoms. The molecule has 1 unspecified atom stereocenters. The minimum Gasteiger partial charge on any atom is -0.482 e. The first-order chi connectivity index (χ1) is 16.2. The number of benzene rings is 2. The summed E-state index contributed by atoms with van der Waals surface area (Å²) in [5.74, 6) is 0.108. The average Bonchev–Trinajstić information content (AvgIpc) is 2.85. The predicted octanol–water partition coefficient (Wildman–Crippen LogP) is 4.68. The maximum Gasteiger partial charge on any atom is 0.341 e. The van der Waals surface area contributed by atoms with E-state index in [4.69, 9.17) is 14.7 Å². The van der Waals surface area contributed by atoms with Crippen molar-refractivity contribution in [1.82, 2.24) is 4.98 Å². The van der Waals surface area contributed by atoms with Gasteiger partial charge >= 0.3 is 5.97 Å². The molecule has 0 amide bonds. The van der Waals surface area contributed by atoms with Crippen molar-refractivity contribution in [2.24, 2.45) is 11.1 Å². The zero-order valence-electron chi connectivity index (χ0n) is 18.3. The smallest absolute Gasteiger partial charge is 0.341 e. The van der Waals surface area contributed by atoms with Crippen LogP contribution in [0.5, 0.6) is 5.75 Å². The second-order valence-electron chi connectivity index (χ2n) is 7.85. The summed E-state index contributed by atoms with van der Waals surface area (Å²) in [6.07, 6.45) is 10.4. The Labute approximate surface area is 193 Å². The number of carboxylic acids is 1. The summed E-state index contributed by atoms with van der Waals surface area (Å²) >= 11 is 0. The van der Waals surface area contributed by atoms with Crippen LogP contribution in [-0.4, -0.2) is 35.0 Å². The Bertz CT molecular complexity index is 1090. The Morgan fingerprint density at radius 2 is 1.94 bits per heavy atom. The fraction of sp³-hybridized carbons (Fsp3) is 0.222. The molecule has 0 aliphatic heterocycles. The predicted molar refractivity (Wildman–Crippen MR) is 126 cm³/mol. The number of carbonyl (C=O) groups is 1. The summed E-state index contributed by atoms with van der Waals surface area (Å²) in [7, 11) is 0. The van der Waals surface area contributed by atoms with Crippen molar-refractivity contribution in [2.45, 2.75) is 19.3 Å². The van der Waals surface area contributed by atoms with Gasteiger partial charge in [0.2, 0.25) is 0 Å². The molecular formula is C27H26N2O4. The monoisotopic (exact) mass is 442 g/mol. The van der Waals surface area contributed by atoms with Crippen LogP contribution in [0, 0.1) is 5.92 Å². The highest BCUT2D eigenvalue weighted by molar-refractivity contribution is 6.12. The molecule has 2 aromatic carbocycles. The van der Waals surface area contributed by atoms with Gasteiger partial charge in [0.25, 0.3) is 0 Å². The van der Waals surface area contributed by atoms with Gasteiger partial charge in [0.05, 0.1) is 0 Å². The zero-order valence-corrected chi connectivity index (χ0v) is 18.3. The number of hydrogen-bond acceptors (Lipinski definition) is 5. The third-order valence-corrected chi connectivity index (χ3v) is 5.55. The molecule has 0 saturated carbocycles. The Morgan fingerprint density at radius 1 is 1.09 bits per heavy atom. The van der Waals surface area contributed by atoms with Gasteiger partial charge in [-0.15, -0.1) is 0 Å². The van der Waals surface area contributed by atoms with Crippen molar-refractivity contribution < 1.29 is 19.5 Å². The van der Waals surface area contributed by atoms with E-state index in [-0.39, 0.29) is 6.61 Å². The van der Waals surface area contributed by atoms with E-state index in [2.05, 4.69) is 22.3 Å². The number of pyridine rings is 1. The van der Waals surface area contributed by atoms with Crippen molar-refractivity contribution in [3.05, 3.63) is 107 Å². The quantitative estimate of drug-likeness (QED) is 0.225. The fourth-order valence-electron chi connectivity index (χ4n) is 4.00. The number of carboxylic acid groups (broad SMARTS) is 1. The molecule has 6 heteroatoms. The molecular weight excluding hydrogens is 416 g/mol. The lowest BCUT2D eigenvalue weighted by Crippen LogP contribution is -2.16. The molecule has 1 aromatic heterocycles. The summed E-state index contributed by atoms with van der Waals surface area (Å²) in [5, 5.41) is 13.3. The van der Waals surface area contributed by atoms with Gasteiger partial charge in [-0.05, 0) is 60.6 Å². The number of allylic oxidation sites excluding steroid dienone is 1. The number of hydrogen-bond donors (Lipinski definition) is 1. The van der Waals surface area contributed by atoms with E-state index in [9.17, 15) is 4.79 Å². The van der Waals surface area contributed by atoms with Crippen LogP contribution in [0.2, 0.25) is 0 Å². The highest BCUT2D eigenvalue weighted by atomic mass is 16.6. The molecule has 1 atom stereocenters. The lowest BCUT2D eigenvalue weighted by molar-refractivity contribution is -0.139. The minimum atomic E-state index is -0.967. The van der Waals surface area contributed by atoms with Crippen molar-refractivity contribution in [3.8, 4) is 5.75 Å². The molecule has 0 bridgehead atoms. The van der Waals surface area contributed by atoms with Crippen molar-refractivity contribution in [3.63, 3.8) is 0 Å². The van der Waals surface area contributed by atoms with Gasteiger partial charge in [-0.25, -0.2) is 4.79 Å². The molecule has 1 N–H and O–H groups in total. The van der Waals surface area contributed by atoms with Gasteiger partial charge in [-0.1, -0.05) is 53.7 Å². The average molecular weight is 443 g/mol. The van der Waals surface area contributed by atoms with Crippen LogP contribution in [0.15, 0.2) is 90.4 Å². The third kappa shape index (κ3) is 6.07. The third-order valence-electron chi connectivity index (χ3n) is 5.55. The van der Waals surface area contributed by atoms with Crippen LogP contribution in [0.1, 0.15) is 28.7 Å². The van der Waals surface area contributed by atoms with Crippen LogP contribution in [0.4, 0.5) is 0 Å². The summed E-state index contributed by atoms with van der Waals surface area (Å²) < 4.78 is 5.45. The fourth-order valence-corrected chi connectivity index (χ4v) is 4.00. The number of aromatic nitrogens is 1. The number of nitrogens with zero attached hydrogens (tertiary/aromatic N) is 2. The Hall–Kier alpha value is -3.93. The lowest BCUT2D eigenvalue weighted by atomic mass is 9.83. The maximum absolute atomic E-state index is 10.8. The first-order valence-electron chi connectivity index (χ1n) is 11.0. The van der Waals surface area contributed by atoms with Crippen LogP contribution in [-0.2, 0) is 22.5 Å². The number of oxime groups is 1. The van der Waals surface area contributed by atoms with E-state index in [1.807, 2.05) is 60.7 Å². The lowest BCUT2D eigenvalue weighted by Gasteiger charge is -2.24. The zero-order chi connectivity index (χ0) is 22.9. The van der Waals surface area contributed by atoms with Crippen molar-refractivity contribution in [2.75, 3.05) is 13.2 Å². The molecule has 3 aromatic rings. The topological polar surface area (TPSA) is 81.0 Å². The van der Waals surface area contributed by atoms with Crippen molar-refractivity contribution in [1.29, 1.82) is 0 Å². The number of fused-ring (bicyclic) bond motifs is 1. The molecule has 168 valence electrons. The van der Waals surface area contributed by atoms with E-state index in [1.54, 1.807) is 12.4 Å². The number of rotatable bonds is 9. The van der Waals surface area contributed by atoms with Crippen LogP contribution in [0.25, 0.3) is 0 Å². The number of aliphatic carboxylic acids is 1. The van der Waals surface area contributed by atoms with Crippen molar-refractivity contribution >= 4 is 11.7 Å². The van der Waals surface area contributed by atoms with Gasteiger partial charge in [0.15, 0.2) is 6.61 Å². The summed E-state index contributed by atoms with van der Waals surface area (Å²) in [6.45, 7) is 0.0589. The van der Waals surface area contributed by atoms with E-state index in [1.165, 1.54) is 5.56 Å². The molecule has 0 fully saturated rings.